The molecule has 1 aliphatic rings. The monoisotopic (exact) mass is 275 g/mol. The number of carbonyl (C=O) groups is 1. The van der Waals surface area contributed by atoms with Crippen molar-refractivity contribution < 1.29 is 4.79 Å². The molecule has 4 nitrogen and oxygen atoms in total. The van der Waals surface area contributed by atoms with Gasteiger partial charge in [0.05, 0.1) is 6.20 Å². The Balaban J connectivity index is 1.77. The topological polar surface area (TPSA) is 54.9 Å². The van der Waals surface area contributed by atoms with Gasteiger partial charge in [-0.05, 0) is 30.3 Å². The summed E-state index contributed by atoms with van der Waals surface area (Å²) < 4.78 is 3.64. The Morgan fingerprint density at radius 3 is 3.14 bits per heavy atom. The van der Waals surface area contributed by atoms with Crippen molar-refractivity contribution >= 4 is 33.4 Å². The van der Waals surface area contributed by atoms with Gasteiger partial charge in [-0.3, -0.25) is 4.79 Å². The van der Waals surface area contributed by atoms with E-state index >= 15 is 0 Å². The quantitative estimate of drug-likeness (QED) is 0.847. The SMILES string of the molecule is O=C(NCC(Br)C1CC1)c1cnns1. The van der Waals surface area contributed by atoms with Gasteiger partial charge in [-0.15, -0.1) is 5.10 Å². The Kier molecular flexibility index (Phi) is 3.12. The summed E-state index contributed by atoms with van der Waals surface area (Å²) in [5.74, 6) is 0.667. The number of nitrogens with one attached hydrogen (secondary N) is 1. The first kappa shape index (κ1) is 10.0. The molecule has 0 radical (unpaired) electrons. The second-order valence-corrected chi connectivity index (χ2v) is 5.31. The highest BCUT2D eigenvalue weighted by Gasteiger charge is 2.29. The molecule has 1 fully saturated rings. The van der Waals surface area contributed by atoms with Gasteiger partial charge >= 0.3 is 0 Å². The molecule has 1 N–H and O–H groups in total. The Hall–Kier alpha value is -0.490. The summed E-state index contributed by atoms with van der Waals surface area (Å²) >= 11 is 4.67. The normalized spacial score (nSPS) is 17.8. The highest BCUT2D eigenvalue weighted by molar-refractivity contribution is 9.09. The number of halogens is 1. The molecule has 1 unspecified atom stereocenters. The van der Waals surface area contributed by atoms with Crippen molar-refractivity contribution in [2.75, 3.05) is 6.54 Å². The lowest BCUT2D eigenvalue weighted by atomic mass is 10.3. The van der Waals surface area contributed by atoms with Gasteiger partial charge in [-0.25, -0.2) is 0 Å². The Bertz CT molecular complexity index is 312. The number of amides is 1. The third kappa shape index (κ3) is 2.51. The fourth-order valence-corrected chi connectivity index (χ4v) is 2.29. The molecule has 6 heteroatoms. The average Bonchev–Trinajstić information content (AvgIpc) is 2.90. The molecule has 1 aliphatic carbocycles. The van der Waals surface area contributed by atoms with E-state index in [-0.39, 0.29) is 5.91 Å². The highest BCUT2D eigenvalue weighted by atomic mass is 79.9. The lowest BCUT2D eigenvalue weighted by Crippen LogP contribution is -2.29. The maximum absolute atomic E-state index is 11.5. The number of hydrogen-bond acceptors (Lipinski definition) is 4. The predicted octanol–water partition coefficient (Wildman–Crippen LogP) is 1.44. The molecule has 76 valence electrons. The zero-order chi connectivity index (χ0) is 9.97. The lowest BCUT2D eigenvalue weighted by molar-refractivity contribution is 0.0957. The first-order valence-electron chi connectivity index (χ1n) is 4.47. The Morgan fingerprint density at radius 1 is 1.79 bits per heavy atom. The van der Waals surface area contributed by atoms with Gasteiger partial charge in [0.15, 0.2) is 0 Å². The number of carbonyl (C=O) groups excluding carboxylic acids is 1. The molecule has 2 rings (SSSR count). The largest absolute Gasteiger partial charge is 0.350 e. The molecule has 1 aromatic rings. The standard InChI is InChI=1S/C8H10BrN3OS/c9-6(5-1-2-5)3-10-8(13)7-4-11-12-14-7/h4-6H,1-3H2,(H,10,13). The van der Waals surface area contributed by atoms with Crippen LogP contribution in [0.4, 0.5) is 0 Å². The van der Waals surface area contributed by atoms with E-state index in [0.717, 1.165) is 17.5 Å². The smallest absolute Gasteiger partial charge is 0.264 e. The molecule has 0 aliphatic heterocycles. The van der Waals surface area contributed by atoms with E-state index in [1.54, 1.807) is 0 Å². The van der Waals surface area contributed by atoms with Crippen LogP contribution in [0.5, 0.6) is 0 Å². The first-order chi connectivity index (χ1) is 6.77. The number of hydrogen-bond donors (Lipinski definition) is 1. The van der Waals surface area contributed by atoms with Gasteiger partial charge in [-0.2, -0.15) is 0 Å². The van der Waals surface area contributed by atoms with Crippen molar-refractivity contribution in [1.82, 2.24) is 14.9 Å². The first-order valence-corrected chi connectivity index (χ1v) is 6.16. The highest BCUT2D eigenvalue weighted by Crippen LogP contribution is 2.36. The van der Waals surface area contributed by atoms with Crippen LogP contribution < -0.4 is 5.32 Å². The maximum Gasteiger partial charge on any atom is 0.264 e. The molecule has 14 heavy (non-hydrogen) atoms. The van der Waals surface area contributed by atoms with Gasteiger partial charge < -0.3 is 5.32 Å². The van der Waals surface area contributed by atoms with Crippen molar-refractivity contribution in [2.45, 2.75) is 17.7 Å². The third-order valence-corrected chi connectivity index (χ3v) is 3.91. The second-order valence-electron chi connectivity index (χ2n) is 3.35. The van der Waals surface area contributed by atoms with Crippen molar-refractivity contribution in [3.63, 3.8) is 0 Å². The van der Waals surface area contributed by atoms with Gasteiger partial charge in [0.2, 0.25) is 0 Å². The molecular formula is C8H10BrN3OS. The van der Waals surface area contributed by atoms with E-state index in [0.29, 0.717) is 16.2 Å². The van der Waals surface area contributed by atoms with Crippen LogP contribution in [0.1, 0.15) is 22.5 Å². The molecule has 1 atom stereocenters. The van der Waals surface area contributed by atoms with Crippen molar-refractivity contribution in [1.29, 1.82) is 0 Å². The fourth-order valence-electron chi connectivity index (χ4n) is 1.17. The van der Waals surface area contributed by atoms with Gasteiger partial charge in [0.1, 0.15) is 4.88 Å². The summed E-state index contributed by atoms with van der Waals surface area (Å²) in [4.78, 5) is 12.4. The zero-order valence-electron chi connectivity index (χ0n) is 7.44. The van der Waals surface area contributed by atoms with E-state index in [9.17, 15) is 4.79 Å². The summed E-state index contributed by atoms with van der Waals surface area (Å²) in [6.45, 7) is 0.682. The van der Waals surface area contributed by atoms with Crippen LogP contribution in [0.2, 0.25) is 0 Å². The van der Waals surface area contributed by atoms with Crippen LogP contribution in [0.15, 0.2) is 6.20 Å². The summed E-state index contributed by atoms with van der Waals surface area (Å²) in [7, 11) is 0. The van der Waals surface area contributed by atoms with Crippen LogP contribution in [0, 0.1) is 5.92 Å². The Labute approximate surface area is 94.4 Å². The molecule has 1 heterocycles. The lowest BCUT2D eigenvalue weighted by Gasteiger charge is -2.08. The van der Waals surface area contributed by atoms with E-state index in [2.05, 4.69) is 30.8 Å². The summed E-state index contributed by atoms with van der Waals surface area (Å²) in [6, 6.07) is 0. The van der Waals surface area contributed by atoms with E-state index in [4.69, 9.17) is 0 Å². The van der Waals surface area contributed by atoms with Gasteiger partial charge in [0, 0.05) is 11.4 Å². The molecule has 0 bridgehead atoms. The van der Waals surface area contributed by atoms with Crippen molar-refractivity contribution in [3.05, 3.63) is 11.1 Å². The van der Waals surface area contributed by atoms with Crippen molar-refractivity contribution in [2.24, 2.45) is 5.92 Å². The molecule has 0 saturated heterocycles. The predicted molar refractivity (Wildman–Crippen MR) is 57.7 cm³/mol. The Morgan fingerprint density at radius 2 is 2.57 bits per heavy atom. The van der Waals surface area contributed by atoms with E-state index in [1.807, 2.05) is 0 Å². The van der Waals surface area contributed by atoms with Crippen LogP contribution >= 0.6 is 27.5 Å². The molecular weight excluding hydrogens is 266 g/mol. The van der Waals surface area contributed by atoms with E-state index in [1.165, 1.54) is 19.0 Å². The molecule has 0 aromatic carbocycles. The minimum Gasteiger partial charge on any atom is -0.350 e. The number of aromatic nitrogens is 2. The minimum absolute atomic E-state index is 0.0786. The summed E-state index contributed by atoms with van der Waals surface area (Å²) in [6.07, 6.45) is 4.03. The van der Waals surface area contributed by atoms with Gasteiger partial charge in [-0.1, -0.05) is 20.4 Å². The minimum atomic E-state index is -0.0786. The van der Waals surface area contributed by atoms with Crippen LogP contribution in [0.25, 0.3) is 0 Å². The van der Waals surface area contributed by atoms with Gasteiger partial charge in [0.25, 0.3) is 5.91 Å². The number of nitrogens with zero attached hydrogens (tertiary/aromatic N) is 2. The van der Waals surface area contributed by atoms with Crippen LogP contribution in [-0.2, 0) is 0 Å². The average molecular weight is 276 g/mol. The zero-order valence-corrected chi connectivity index (χ0v) is 9.84. The summed E-state index contributed by atoms with van der Waals surface area (Å²) in [5, 5.41) is 6.46. The number of alkyl halides is 1. The third-order valence-electron chi connectivity index (χ3n) is 2.18. The second kappa shape index (κ2) is 4.35. The molecule has 1 aromatic heterocycles. The van der Waals surface area contributed by atoms with Crippen molar-refractivity contribution in [3.8, 4) is 0 Å². The summed E-state index contributed by atoms with van der Waals surface area (Å²) in [5.41, 5.74) is 0. The molecule has 1 amide bonds. The van der Waals surface area contributed by atoms with E-state index < -0.39 is 0 Å². The van der Waals surface area contributed by atoms with Crippen LogP contribution in [-0.4, -0.2) is 26.9 Å². The van der Waals surface area contributed by atoms with Crippen LogP contribution in [0.3, 0.4) is 0 Å². The maximum atomic E-state index is 11.5. The molecule has 0 spiro atoms. The number of rotatable bonds is 4. The fraction of sp³-hybridized carbons (Fsp3) is 0.625. The molecule has 1 saturated carbocycles.